The molecule has 0 spiro atoms. The quantitative estimate of drug-likeness (QED) is 0.757. The van der Waals surface area contributed by atoms with Crippen LogP contribution in [0, 0.1) is 6.92 Å². The van der Waals surface area contributed by atoms with Crippen molar-refractivity contribution in [2.24, 2.45) is 0 Å². The number of aryl methyl sites for hydroxylation is 1. The smallest absolute Gasteiger partial charge is 0.214 e. The van der Waals surface area contributed by atoms with Crippen molar-refractivity contribution in [3.05, 3.63) is 23.7 Å². The molecule has 0 aromatic carbocycles. The van der Waals surface area contributed by atoms with E-state index in [4.69, 9.17) is 9.15 Å². The van der Waals surface area contributed by atoms with Gasteiger partial charge in [-0.2, -0.15) is 4.31 Å². The number of ether oxygens (including phenoxy) is 1. The molecule has 1 fully saturated rings. The van der Waals surface area contributed by atoms with E-state index >= 15 is 0 Å². The minimum Gasteiger partial charge on any atom is -0.464 e. The third kappa shape index (κ3) is 3.84. The van der Waals surface area contributed by atoms with Gasteiger partial charge in [0.05, 0.1) is 12.4 Å². The Bertz CT molecular complexity index is 523. The Morgan fingerprint density at radius 2 is 2.15 bits per heavy atom. The molecule has 2 rings (SSSR count). The molecule has 1 atom stereocenters. The molecule has 0 saturated carbocycles. The largest absolute Gasteiger partial charge is 0.464 e. The van der Waals surface area contributed by atoms with Gasteiger partial charge in [0.25, 0.3) is 0 Å². The summed E-state index contributed by atoms with van der Waals surface area (Å²) in [7, 11) is -3.18. The van der Waals surface area contributed by atoms with Gasteiger partial charge in [-0.1, -0.05) is 19.8 Å². The monoisotopic (exact) mass is 301 g/mol. The summed E-state index contributed by atoms with van der Waals surface area (Å²) in [5, 5.41) is 0. The number of rotatable bonds is 6. The Kier molecular flexibility index (Phi) is 5.23. The van der Waals surface area contributed by atoms with Gasteiger partial charge >= 0.3 is 0 Å². The molecule has 0 amide bonds. The number of furan rings is 1. The Labute approximate surface area is 121 Å². The second kappa shape index (κ2) is 6.74. The first-order valence-electron chi connectivity index (χ1n) is 7.18. The minimum atomic E-state index is -3.18. The third-order valence-corrected chi connectivity index (χ3v) is 5.43. The van der Waals surface area contributed by atoms with Crippen LogP contribution in [0.15, 0.2) is 16.5 Å². The van der Waals surface area contributed by atoms with E-state index in [1.165, 1.54) is 4.31 Å². The predicted octanol–water partition coefficient (Wildman–Crippen LogP) is 2.48. The first kappa shape index (κ1) is 15.5. The van der Waals surface area contributed by atoms with Crippen LogP contribution in [0.4, 0.5) is 0 Å². The van der Waals surface area contributed by atoms with Crippen LogP contribution in [0.1, 0.15) is 43.8 Å². The minimum absolute atomic E-state index is 0.227. The Morgan fingerprint density at radius 3 is 2.80 bits per heavy atom. The number of hydrogen-bond acceptors (Lipinski definition) is 4. The van der Waals surface area contributed by atoms with Crippen LogP contribution in [0.2, 0.25) is 0 Å². The van der Waals surface area contributed by atoms with Crippen LogP contribution >= 0.6 is 0 Å². The maximum Gasteiger partial charge on any atom is 0.214 e. The fourth-order valence-corrected chi connectivity index (χ4v) is 3.88. The average molecular weight is 301 g/mol. The molecule has 0 aliphatic carbocycles. The second-order valence-electron chi connectivity index (χ2n) is 5.19. The Hall–Kier alpha value is -0.850. The van der Waals surface area contributed by atoms with E-state index in [0.717, 1.165) is 25.0 Å². The zero-order chi connectivity index (χ0) is 14.6. The summed E-state index contributed by atoms with van der Waals surface area (Å²) in [5.74, 6) is 1.74. The molecule has 1 aliphatic heterocycles. The number of hydrogen-bond donors (Lipinski definition) is 0. The molecule has 0 bridgehead atoms. The van der Waals surface area contributed by atoms with Crippen molar-refractivity contribution >= 4 is 10.0 Å². The van der Waals surface area contributed by atoms with E-state index in [1.54, 1.807) is 0 Å². The van der Waals surface area contributed by atoms with E-state index in [-0.39, 0.29) is 11.9 Å². The molecular weight excluding hydrogens is 278 g/mol. The number of sulfonamides is 1. The molecule has 20 heavy (non-hydrogen) atoms. The zero-order valence-electron chi connectivity index (χ0n) is 12.2. The Balaban J connectivity index is 1.99. The third-order valence-electron chi connectivity index (χ3n) is 3.51. The van der Waals surface area contributed by atoms with Gasteiger partial charge < -0.3 is 9.15 Å². The number of morpholine rings is 1. The van der Waals surface area contributed by atoms with E-state index in [2.05, 4.69) is 6.92 Å². The molecule has 0 radical (unpaired) electrons. The van der Waals surface area contributed by atoms with Crippen LogP contribution in [-0.2, 0) is 14.8 Å². The van der Waals surface area contributed by atoms with Gasteiger partial charge in [0, 0.05) is 13.1 Å². The molecule has 1 aromatic rings. The molecule has 1 saturated heterocycles. The normalized spacial score (nSPS) is 21.2. The molecule has 1 aromatic heterocycles. The van der Waals surface area contributed by atoms with Gasteiger partial charge in [0.2, 0.25) is 10.0 Å². The lowest BCUT2D eigenvalue weighted by Gasteiger charge is -2.31. The average Bonchev–Trinajstić information content (AvgIpc) is 2.86. The molecule has 5 nitrogen and oxygen atoms in total. The summed E-state index contributed by atoms with van der Waals surface area (Å²) < 4.78 is 37.3. The van der Waals surface area contributed by atoms with Crippen molar-refractivity contribution in [3.63, 3.8) is 0 Å². The zero-order valence-corrected chi connectivity index (χ0v) is 13.0. The van der Waals surface area contributed by atoms with Crippen molar-refractivity contribution < 1.29 is 17.6 Å². The van der Waals surface area contributed by atoms with Gasteiger partial charge in [0.1, 0.15) is 17.6 Å². The summed E-state index contributed by atoms with van der Waals surface area (Å²) in [6.45, 7) is 5.13. The van der Waals surface area contributed by atoms with E-state index in [9.17, 15) is 8.42 Å². The molecule has 0 N–H and O–H groups in total. The second-order valence-corrected chi connectivity index (χ2v) is 7.28. The first-order chi connectivity index (χ1) is 9.53. The number of nitrogens with zero attached hydrogens (tertiary/aromatic N) is 1. The molecular formula is C14H23NO4S. The highest BCUT2D eigenvalue weighted by Crippen LogP contribution is 2.25. The highest BCUT2D eigenvalue weighted by Gasteiger charge is 2.31. The SMILES string of the molecule is CCCCCS(=O)(=O)N1CCOC(c2ccc(C)o2)C1. The topological polar surface area (TPSA) is 59.8 Å². The van der Waals surface area contributed by atoms with Crippen LogP contribution in [0.5, 0.6) is 0 Å². The summed E-state index contributed by atoms with van der Waals surface area (Å²) in [5.41, 5.74) is 0. The van der Waals surface area contributed by atoms with Crippen molar-refractivity contribution in [2.45, 2.75) is 39.2 Å². The van der Waals surface area contributed by atoms with Crippen molar-refractivity contribution in [3.8, 4) is 0 Å². The van der Waals surface area contributed by atoms with Crippen LogP contribution in [0.3, 0.4) is 0 Å². The Morgan fingerprint density at radius 1 is 1.35 bits per heavy atom. The van der Waals surface area contributed by atoms with Crippen molar-refractivity contribution in [1.82, 2.24) is 4.31 Å². The fraction of sp³-hybridized carbons (Fsp3) is 0.714. The van der Waals surface area contributed by atoms with Gasteiger partial charge in [-0.15, -0.1) is 0 Å². The van der Waals surface area contributed by atoms with Crippen LogP contribution < -0.4 is 0 Å². The lowest BCUT2D eigenvalue weighted by atomic mass is 10.2. The first-order valence-corrected chi connectivity index (χ1v) is 8.79. The standard InChI is InChI=1S/C14H23NO4S/c1-3-4-5-10-20(16,17)15-8-9-18-14(11-15)13-7-6-12(2)19-13/h6-7,14H,3-5,8-11H2,1-2H3. The van der Waals surface area contributed by atoms with Crippen molar-refractivity contribution in [1.29, 1.82) is 0 Å². The van der Waals surface area contributed by atoms with Gasteiger partial charge in [-0.05, 0) is 25.5 Å². The number of unbranched alkanes of at least 4 members (excludes halogenated alkanes) is 2. The van der Waals surface area contributed by atoms with E-state index in [1.807, 2.05) is 19.1 Å². The summed E-state index contributed by atoms with van der Waals surface area (Å²) >= 11 is 0. The molecule has 6 heteroatoms. The highest BCUT2D eigenvalue weighted by atomic mass is 32.2. The van der Waals surface area contributed by atoms with E-state index < -0.39 is 10.0 Å². The summed E-state index contributed by atoms with van der Waals surface area (Å²) in [4.78, 5) is 0. The van der Waals surface area contributed by atoms with Crippen molar-refractivity contribution in [2.75, 3.05) is 25.4 Å². The summed E-state index contributed by atoms with van der Waals surface area (Å²) in [6, 6.07) is 3.72. The maximum atomic E-state index is 12.3. The van der Waals surface area contributed by atoms with Gasteiger partial charge in [0.15, 0.2) is 0 Å². The molecule has 1 aliphatic rings. The fourth-order valence-electron chi connectivity index (χ4n) is 2.34. The van der Waals surface area contributed by atoms with Crippen LogP contribution in [-0.4, -0.2) is 38.2 Å². The van der Waals surface area contributed by atoms with Gasteiger partial charge in [-0.25, -0.2) is 8.42 Å². The molecule has 114 valence electrons. The predicted molar refractivity (Wildman–Crippen MR) is 77.0 cm³/mol. The lowest BCUT2D eigenvalue weighted by molar-refractivity contribution is -0.0146. The molecule has 2 heterocycles. The highest BCUT2D eigenvalue weighted by molar-refractivity contribution is 7.89. The van der Waals surface area contributed by atoms with Crippen LogP contribution in [0.25, 0.3) is 0 Å². The van der Waals surface area contributed by atoms with Gasteiger partial charge in [-0.3, -0.25) is 0 Å². The molecule has 1 unspecified atom stereocenters. The summed E-state index contributed by atoms with van der Waals surface area (Å²) in [6.07, 6.45) is 2.40. The lowest BCUT2D eigenvalue weighted by Crippen LogP contribution is -2.43. The van der Waals surface area contributed by atoms with E-state index in [0.29, 0.717) is 25.5 Å². The maximum absolute atomic E-state index is 12.3.